The summed E-state index contributed by atoms with van der Waals surface area (Å²) in [6.45, 7) is 0.214. The van der Waals surface area contributed by atoms with E-state index >= 15 is 0 Å². The van der Waals surface area contributed by atoms with Crippen LogP contribution in [0.3, 0.4) is 0 Å². The zero-order chi connectivity index (χ0) is 13.1. The maximum absolute atomic E-state index is 11.4. The largest absolute Gasteiger partial charge is 0.482 e. The lowest BCUT2D eigenvalue weighted by Gasteiger charge is -2.19. The summed E-state index contributed by atoms with van der Waals surface area (Å²) in [5, 5.41) is 5.58. The van der Waals surface area contributed by atoms with Crippen molar-refractivity contribution in [1.29, 1.82) is 0 Å². The molecule has 7 heteroatoms. The predicted octanol–water partition coefficient (Wildman–Crippen LogP) is 0.958. The zero-order valence-corrected chi connectivity index (χ0v) is 10.2. The van der Waals surface area contributed by atoms with E-state index in [4.69, 9.17) is 22.1 Å². The SMILES string of the molecule is NCCC(=O)Nc1cc2c(cc1Cl)NC(=O)CO2. The average Bonchev–Trinajstić information content (AvgIpc) is 2.31. The summed E-state index contributed by atoms with van der Waals surface area (Å²) in [6.07, 6.45) is 0.213. The van der Waals surface area contributed by atoms with Crippen LogP contribution in [0.1, 0.15) is 6.42 Å². The molecular formula is C11H12ClN3O3. The number of ether oxygens (including phenoxy) is 1. The first-order chi connectivity index (χ1) is 8.60. The Kier molecular flexibility index (Phi) is 3.69. The van der Waals surface area contributed by atoms with E-state index in [9.17, 15) is 9.59 Å². The summed E-state index contributed by atoms with van der Waals surface area (Å²) in [4.78, 5) is 22.5. The molecular weight excluding hydrogens is 258 g/mol. The van der Waals surface area contributed by atoms with Gasteiger partial charge in [-0.1, -0.05) is 11.6 Å². The molecule has 1 aliphatic rings. The van der Waals surface area contributed by atoms with E-state index in [1.807, 2.05) is 0 Å². The summed E-state index contributed by atoms with van der Waals surface area (Å²) in [7, 11) is 0. The molecule has 0 aromatic heterocycles. The van der Waals surface area contributed by atoms with Crippen molar-refractivity contribution in [2.75, 3.05) is 23.8 Å². The number of fused-ring (bicyclic) bond motifs is 1. The van der Waals surface area contributed by atoms with Gasteiger partial charge in [0.05, 0.1) is 16.4 Å². The van der Waals surface area contributed by atoms with Gasteiger partial charge in [-0.05, 0) is 6.07 Å². The van der Waals surface area contributed by atoms with Gasteiger partial charge in [-0.3, -0.25) is 9.59 Å². The lowest BCUT2D eigenvalue weighted by molar-refractivity contribution is -0.118. The number of amides is 2. The molecule has 18 heavy (non-hydrogen) atoms. The molecule has 1 heterocycles. The number of rotatable bonds is 3. The lowest BCUT2D eigenvalue weighted by atomic mass is 10.2. The lowest BCUT2D eigenvalue weighted by Crippen LogP contribution is -2.25. The Labute approximate surface area is 108 Å². The molecule has 1 aliphatic heterocycles. The van der Waals surface area contributed by atoms with Crippen LogP contribution in [0.5, 0.6) is 5.75 Å². The van der Waals surface area contributed by atoms with Gasteiger partial charge in [0.15, 0.2) is 6.61 Å². The van der Waals surface area contributed by atoms with Gasteiger partial charge < -0.3 is 21.1 Å². The number of halogens is 1. The minimum Gasteiger partial charge on any atom is -0.482 e. The second-order valence-electron chi connectivity index (χ2n) is 3.75. The summed E-state index contributed by atoms with van der Waals surface area (Å²) in [6, 6.07) is 3.11. The molecule has 6 nitrogen and oxygen atoms in total. The molecule has 1 aromatic carbocycles. The minimum atomic E-state index is -0.238. The summed E-state index contributed by atoms with van der Waals surface area (Å²) >= 11 is 6.00. The van der Waals surface area contributed by atoms with Gasteiger partial charge in [0.25, 0.3) is 5.91 Å². The van der Waals surface area contributed by atoms with Crippen LogP contribution < -0.4 is 21.1 Å². The number of hydrogen-bond donors (Lipinski definition) is 3. The van der Waals surface area contributed by atoms with Gasteiger partial charge in [0, 0.05) is 19.0 Å². The highest BCUT2D eigenvalue weighted by molar-refractivity contribution is 6.34. The third kappa shape index (κ3) is 2.72. The third-order valence-electron chi connectivity index (χ3n) is 2.35. The summed E-state index contributed by atoms with van der Waals surface area (Å²) in [5.41, 5.74) is 6.21. The van der Waals surface area contributed by atoms with Crippen LogP contribution in [0.15, 0.2) is 12.1 Å². The van der Waals surface area contributed by atoms with E-state index in [1.54, 1.807) is 6.07 Å². The molecule has 0 aliphatic carbocycles. The maximum atomic E-state index is 11.4. The summed E-state index contributed by atoms with van der Waals surface area (Å²) in [5.74, 6) is 0.0136. The van der Waals surface area contributed by atoms with E-state index in [1.165, 1.54) is 6.07 Å². The van der Waals surface area contributed by atoms with Crippen molar-refractivity contribution in [2.45, 2.75) is 6.42 Å². The molecule has 0 saturated carbocycles. The molecule has 4 N–H and O–H groups in total. The van der Waals surface area contributed by atoms with Crippen LogP contribution in [0.4, 0.5) is 11.4 Å². The Morgan fingerprint density at radius 2 is 2.33 bits per heavy atom. The molecule has 0 bridgehead atoms. The number of anilines is 2. The van der Waals surface area contributed by atoms with Gasteiger partial charge in [-0.15, -0.1) is 0 Å². The molecule has 0 radical (unpaired) electrons. The van der Waals surface area contributed by atoms with Crippen molar-refractivity contribution in [3.05, 3.63) is 17.2 Å². The third-order valence-corrected chi connectivity index (χ3v) is 2.66. The Morgan fingerprint density at radius 1 is 1.56 bits per heavy atom. The fourth-order valence-electron chi connectivity index (χ4n) is 1.54. The molecule has 0 fully saturated rings. The first-order valence-corrected chi connectivity index (χ1v) is 5.74. The quantitative estimate of drug-likeness (QED) is 0.762. The fourth-order valence-corrected chi connectivity index (χ4v) is 1.75. The second-order valence-corrected chi connectivity index (χ2v) is 4.16. The van der Waals surface area contributed by atoms with Crippen LogP contribution >= 0.6 is 11.6 Å². The highest BCUT2D eigenvalue weighted by Crippen LogP contribution is 2.36. The van der Waals surface area contributed by atoms with Gasteiger partial charge >= 0.3 is 0 Å². The molecule has 2 amide bonds. The fraction of sp³-hybridized carbons (Fsp3) is 0.273. The average molecular weight is 270 g/mol. The topological polar surface area (TPSA) is 93.5 Å². The number of carbonyl (C=O) groups excluding carboxylic acids is 2. The maximum Gasteiger partial charge on any atom is 0.262 e. The number of hydrogen-bond acceptors (Lipinski definition) is 4. The van der Waals surface area contributed by atoms with E-state index in [0.717, 1.165) is 0 Å². The Bertz CT molecular complexity index is 505. The van der Waals surface area contributed by atoms with Gasteiger partial charge in [0.2, 0.25) is 5.91 Å². The van der Waals surface area contributed by atoms with Crippen LogP contribution in [0.2, 0.25) is 5.02 Å². The van der Waals surface area contributed by atoms with Crippen molar-refractivity contribution in [3.8, 4) is 5.75 Å². The van der Waals surface area contributed by atoms with Crippen molar-refractivity contribution in [1.82, 2.24) is 0 Å². The van der Waals surface area contributed by atoms with E-state index in [-0.39, 0.29) is 31.4 Å². The van der Waals surface area contributed by atoms with E-state index < -0.39 is 0 Å². The van der Waals surface area contributed by atoms with Gasteiger partial charge in [-0.25, -0.2) is 0 Å². The first kappa shape index (κ1) is 12.7. The highest BCUT2D eigenvalue weighted by atomic mass is 35.5. The monoisotopic (exact) mass is 269 g/mol. The number of carbonyl (C=O) groups is 2. The van der Waals surface area contributed by atoms with Crippen LogP contribution in [-0.2, 0) is 9.59 Å². The highest BCUT2D eigenvalue weighted by Gasteiger charge is 2.18. The predicted molar refractivity (Wildman–Crippen MR) is 67.9 cm³/mol. The zero-order valence-electron chi connectivity index (χ0n) is 9.46. The van der Waals surface area contributed by atoms with E-state index in [0.29, 0.717) is 22.1 Å². The Hall–Kier alpha value is -1.79. The summed E-state index contributed by atoms with van der Waals surface area (Å²) < 4.78 is 5.23. The number of nitrogens with two attached hydrogens (primary N) is 1. The Balaban J connectivity index is 2.22. The van der Waals surface area contributed by atoms with Crippen molar-refractivity contribution in [2.24, 2.45) is 5.73 Å². The molecule has 96 valence electrons. The van der Waals surface area contributed by atoms with Crippen LogP contribution in [0.25, 0.3) is 0 Å². The normalized spacial score (nSPS) is 13.3. The van der Waals surface area contributed by atoms with Crippen LogP contribution in [0, 0.1) is 0 Å². The minimum absolute atomic E-state index is 0.0508. The molecule has 0 spiro atoms. The molecule has 0 atom stereocenters. The first-order valence-electron chi connectivity index (χ1n) is 5.36. The van der Waals surface area contributed by atoms with Gasteiger partial charge in [-0.2, -0.15) is 0 Å². The van der Waals surface area contributed by atoms with E-state index in [2.05, 4.69) is 10.6 Å². The second kappa shape index (κ2) is 5.24. The van der Waals surface area contributed by atoms with Crippen molar-refractivity contribution in [3.63, 3.8) is 0 Å². The van der Waals surface area contributed by atoms with Crippen molar-refractivity contribution < 1.29 is 14.3 Å². The number of nitrogens with one attached hydrogen (secondary N) is 2. The smallest absolute Gasteiger partial charge is 0.262 e. The number of benzene rings is 1. The van der Waals surface area contributed by atoms with Crippen LogP contribution in [-0.4, -0.2) is 25.0 Å². The Morgan fingerprint density at radius 3 is 3.06 bits per heavy atom. The molecule has 0 unspecified atom stereocenters. The molecule has 2 rings (SSSR count). The standard InChI is InChI=1S/C11H12ClN3O3/c12-6-3-8-9(18-5-11(17)15-8)4-7(6)14-10(16)1-2-13/h3-4H,1-2,5,13H2,(H,14,16)(H,15,17). The molecule has 1 aromatic rings. The van der Waals surface area contributed by atoms with Crippen molar-refractivity contribution >= 4 is 34.8 Å². The van der Waals surface area contributed by atoms with Gasteiger partial charge in [0.1, 0.15) is 5.75 Å². The molecule has 0 saturated heterocycles.